The molecule has 0 saturated heterocycles. The van der Waals surface area contributed by atoms with Crippen LogP contribution >= 0.6 is 0 Å². The maximum Gasteiger partial charge on any atom is 0.337 e. The predicted molar refractivity (Wildman–Crippen MR) is 95.1 cm³/mol. The second kappa shape index (κ2) is 7.44. The van der Waals surface area contributed by atoms with Crippen LogP contribution in [0.1, 0.15) is 10.4 Å². The van der Waals surface area contributed by atoms with Crippen molar-refractivity contribution in [2.75, 3.05) is 19.5 Å². The summed E-state index contributed by atoms with van der Waals surface area (Å²) in [7, 11) is 2.97. The number of ether oxygens (including phenoxy) is 2. The zero-order chi connectivity index (χ0) is 17.6. The van der Waals surface area contributed by atoms with Gasteiger partial charge in [-0.15, -0.1) is 0 Å². The van der Waals surface area contributed by atoms with Gasteiger partial charge in [0.2, 0.25) is 0 Å². The van der Waals surface area contributed by atoms with Gasteiger partial charge in [-0.1, -0.05) is 6.07 Å². The first-order valence-electron chi connectivity index (χ1n) is 7.63. The molecule has 3 rings (SSSR count). The summed E-state index contributed by atoms with van der Waals surface area (Å²) >= 11 is 0. The third-order valence-electron chi connectivity index (χ3n) is 3.62. The molecule has 1 aromatic heterocycles. The highest BCUT2D eigenvalue weighted by molar-refractivity contribution is 5.90. The molecular weight excluding hydrogens is 318 g/mol. The van der Waals surface area contributed by atoms with E-state index in [1.54, 1.807) is 31.5 Å². The van der Waals surface area contributed by atoms with Crippen LogP contribution in [0, 0.1) is 0 Å². The third kappa shape index (κ3) is 3.74. The number of aromatic nitrogens is 2. The molecule has 0 unspecified atom stereocenters. The van der Waals surface area contributed by atoms with E-state index < -0.39 is 0 Å². The van der Waals surface area contributed by atoms with Crippen LogP contribution < -0.4 is 10.1 Å². The summed E-state index contributed by atoms with van der Waals surface area (Å²) < 4.78 is 10.2. The number of benzene rings is 2. The van der Waals surface area contributed by atoms with Gasteiger partial charge in [0.1, 0.15) is 5.75 Å². The smallest absolute Gasteiger partial charge is 0.337 e. The van der Waals surface area contributed by atoms with Crippen molar-refractivity contribution in [1.29, 1.82) is 0 Å². The molecule has 25 heavy (non-hydrogen) atoms. The van der Waals surface area contributed by atoms with Crippen molar-refractivity contribution < 1.29 is 14.3 Å². The van der Waals surface area contributed by atoms with Gasteiger partial charge in [0, 0.05) is 29.2 Å². The number of methoxy groups -OCH3 is 2. The minimum atomic E-state index is -0.376. The van der Waals surface area contributed by atoms with Crippen LogP contribution in [-0.2, 0) is 4.74 Å². The second-order valence-corrected chi connectivity index (χ2v) is 5.22. The molecule has 0 saturated carbocycles. The summed E-state index contributed by atoms with van der Waals surface area (Å²) in [5.41, 5.74) is 3.67. The average molecular weight is 335 g/mol. The van der Waals surface area contributed by atoms with Crippen LogP contribution in [-0.4, -0.2) is 30.4 Å². The third-order valence-corrected chi connectivity index (χ3v) is 3.62. The molecule has 1 heterocycles. The number of hydrogen-bond acceptors (Lipinski definition) is 6. The zero-order valence-electron chi connectivity index (χ0n) is 13.9. The second-order valence-electron chi connectivity index (χ2n) is 5.22. The Morgan fingerprint density at radius 3 is 2.56 bits per heavy atom. The van der Waals surface area contributed by atoms with Gasteiger partial charge in [0.25, 0.3) is 0 Å². The lowest BCUT2D eigenvalue weighted by atomic mass is 10.1. The normalized spacial score (nSPS) is 10.2. The van der Waals surface area contributed by atoms with Crippen LogP contribution in [0.5, 0.6) is 5.75 Å². The molecule has 0 fully saturated rings. The largest absolute Gasteiger partial charge is 0.496 e. The molecule has 3 aromatic rings. The number of nitrogens with one attached hydrogen (secondary N) is 1. The molecule has 0 atom stereocenters. The number of nitrogens with zero attached hydrogens (tertiary/aromatic N) is 2. The molecule has 6 heteroatoms. The molecule has 0 bridgehead atoms. The van der Waals surface area contributed by atoms with Crippen LogP contribution in [0.25, 0.3) is 11.3 Å². The van der Waals surface area contributed by atoms with Crippen molar-refractivity contribution in [3.63, 3.8) is 0 Å². The van der Waals surface area contributed by atoms with Crippen LogP contribution in [0.15, 0.2) is 60.8 Å². The highest BCUT2D eigenvalue weighted by atomic mass is 16.5. The highest BCUT2D eigenvalue weighted by Gasteiger charge is 2.10. The fraction of sp³-hybridized carbons (Fsp3) is 0.105. The van der Waals surface area contributed by atoms with Crippen LogP contribution in [0.4, 0.5) is 11.4 Å². The van der Waals surface area contributed by atoms with Gasteiger partial charge >= 0.3 is 5.97 Å². The molecule has 2 aromatic carbocycles. The lowest BCUT2D eigenvalue weighted by molar-refractivity contribution is 0.0601. The van der Waals surface area contributed by atoms with Crippen molar-refractivity contribution in [2.45, 2.75) is 0 Å². The molecule has 1 N–H and O–H groups in total. The van der Waals surface area contributed by atoms with E-state index in [-0.39, 0.29) is 5.97 Å². The Labute approximate surface area is 145 Å². The molecule has 0 radical (unpaired) electrons. The van der Waals surface area contributed by atoms with E-state index in [9.17, 15) is 4.79 Å². The summed E-state index contributed by atoms with van der Waals surface area (Å²) in [5, 5.41) is 11.3. The van der Waals surface area contributed by atoms with E-state index in [0.29, 0.717) is 11.3 Å². The lowest BCUT2D eigenvalue weighted by Gasteiger charge is -2.12. The SMILES string of the molecule is COC(=O)c1cccc(Nc2ccc(-c3cccnn3)c(OC)c2)c1. The fourth-order valence-corrected chi connectivity index (χ4v) is 2.43. The van der Waals surface area contributed by atoms with Gasteiger partial charge < -0.3 is 14.8 Å². The minimum absolute atomic E-state index is 0.376. The van der Waals surface area contributed by atoms with E-state index in [1.165, 1.54) is 7.11 Å². The first-order chi connectivity index (χ1) is 12.2. The number of carbonyl (C=O) groups excluding carboxylic acids is 1. The minimum Gasteiger partial charge on any atom is -0.496 e. The van der Waals surface area contributed by atoms with Gasteiger partial charge in [0.15, 0.2) is 0 Å². The summed E-state index contributed by atoms with van der Waals surface area (Å²) in [4.78, 5) is 11.6. The number of anilines is 2. The molecule has 6 nitrogen and oxygen atoms in total. The Balaban J connectivity index is 1.88. The summed E-state index contributed by atoms with van der Waals surface area (Å²) in [6, 6.07) is 16.5. The zero-order valence-corrected chi connectivity index (χ0v) is 13.9. The highest BCUT2D eigenvalue weighted by Crippen LogP contribution is 2.32. The van der Waals surface area contributed by atoms with Crippen molar-refractivity contribution in [3.05, 3.63) is 66.4 Å². The Hall–Kier alpha value is -3.41. The molecular formula is C19H17N3O3. The quantitative estimate of drug-likeness (QED) is 0.717. The van der Waals surface area contributed by atoms with Gasteiger partial charge in [0.05, 0.1) is 25.5 Å². The topological polar surface area (TPSA) is 73.3 Å². The van der Waals surface area contributed by atoms with Crippen LogP contribution in [0.2, 0.25) is 0 Å². The van der Waals surface area contributed by atoms with E-state index in [2.05, 4.69) is 15.5 Å². The van der Waals surface area contributed by atoms with E-state index >= 15 is 0 Å². The number of hydrogen-bond donors (Lipinski definition) is 1. The van der Waals surface area contributed by atoms with Crippen molar-refractivity contribution in [2.24, 2.45) is 0 Å². The Morgan fingerprint density at radius 2 is 1.84 bits per heavy atom. The maximum absolute atomic E-state index is 11.6. The molecule has 0 amide bonds. The Bertz CT molecular complexity index is 882. The maximum atomic E-state index is 11.6. The molecule has 0 aliphatic heterocycles. The van der Waals surface area contributed by atoms with Crippen molar-refractivity contribution in [3.8, 4) is 17.0 Å². The molecule has 126 valence electrons. The van der Waals surface area contributed by atoms with Gasteiger partial charge in [-0.2, -0.15) is 10.2 Å². The predicted octanol–water partition coefficient (Wildman–Crippen LogP) is 3.68. The number of rotatable bonds is 5. The van der Waals surface area contributed by atoms with Crippen LogP contribution in [0.3, 0.4) is 0 Å². The Kier molecular flexibility index (Phi) is 4.89. The van der Waals surface area contributed by atoms with E-state index in [1.807, 2.05) is 36.4 Å². The van der Waals surface area contributed by atoms with E-state index in [0.717, 1.165) is 22.6 Å². The first-order valence-corrected chi connectivity index (χ1v) is 7.63. The first kappa shape index (κ1) is 16.4. The van der Waals surface area contributed by atoms with Crippen molar-refractivity contribution >= 4 is 17.3 Å². The fourth-order valence-electron chi connectivity index (χ4n) is 2.43. The average Bonchev–Trinajstić information content (AvgIpc) is 2.68. The summed E-state index contributed by atoms with van der Waals surface area (Å²) in [6.07, 6.45) is 1.63. The molecule has 0 aliphatic rings. The van der Waals surface area contributed by atoms with Gasteiger partial charge in [-0.25, -0.2) is 4.79 Å². The molecule has 0 aliphatic carbocycles. The lowest BCUT2D eigenvalue weighted by Crippen LogP contribution is -2.02. The number of carbonyl (C=O) groups is 1. The van der Waals surface area contributed by atoms with Gasteiger partial charge in [-0.05, 0) is 42.5 Å². The monoisotopic (exact) mass is 335 g/mol. The van der Waals surface area contributed by atoms with E-state index in [4.69, 9.17) is 9.47 Å². The molecule has 0 spiro atoms. The standard InChI is InChI=1S/C19H17N3O3/c1-24-18-12-15(8-9-16(18)17-7-4-10-20-22-17)21-14-6-3-5-13(11-14)19(23)25-2/h3-12,21H,1-2H3. The Morgan fingerprint density at radius 1 is 1.00 bits per heavy atom. The number of esters is 1. The summed E-state index contributed by atoms with van der Waals surface area (Å²) in [6.45, 7) is 0. The summed E-state index contributed by atoms with van der Waals surface area (Å²) in [5.74, 6) is 0.300. The van der Waals surface area contributed by atoms with Crippen molar-refractivity contribution in [1.82, 2.24) is 10.2 Å². The van der Waals surface area contributed by atoms with Gasteiger partial charge in [-0.3, -0.25) is 0 Å².